The zero-order valence-electron chi connectivity index (χ0n) is 19.6. The molecule has 0 atom stereocenters. The van der Waals surface area contributed by atoms with Crippen molar-refractivity contribution in [2.24, 2.45) is 5.41 Å². The van der Waals surface area contributed by atoms with Crippen molar-refractivity contribution in [3.63, 3.8) is 0 Å². The average Bonchev–Trinajstić information content (AvgIpc) is 2.98. The molecule has 0 radical (unpaired) electrons. The molecule has 7 heteroatoms. The Morgan fingerprint density at radius 1 is 1.22 bits per heavy atom. The normalized spacial score (nSPS) is 14.2. The molecule has 0 bridgehead atoms. The summed E-state index contributed by atoms with van der Waals surface area (Å²) in [6.07, 6.45) is 11.7. The molecule has 0 unspecified atom stereocenters. The number of nitrogens with one attached hydrogen (secondary N) is 1. The SMILES string of the molecule is C=C(O[Si](C)(C)C)C(=Cc1cc(Br)ccc1OCC(C)(C)C(=O)OC)C1=CC=CC=CN1. The van der Waals surface area contributed by atoms with E-state index < -0.39 is 13.7 Å². The number of esters is 1. The Kier molecular flexibility index (Phi) is 8.75. The van der Waals surface area contributed by atoms with Gasteiger partial charge in [-0.05, 0) is 69.9 Å². The molecule has 1 aliphatic heterocycles. The minimum absolute atomic E-state index is 0.177. The summed E-state index contributed by atoms with van der Waals surface area (Å²) in [5, 5.41) is 3.29. The van der Waals surface area contributed by atoms with Gasteiger partial charge >= 0.3 is 5.97 Å². The zero-order chi connectivity index (χ0) is 23.9. The van der Waals surface area contributed by atoms with Crippen molar-refractivity contribution in [2.45, 2.75) is 33.5 Å². The fraction of sp³-hybridized carbons (Fsp3) is 0.320. The number of hydrogen-bond donors (Lipinski definition) is 1. The van der Waals surface area contributed by atoms with Crippen molar-refractivity contribution >= 4 is 36.3 Å². The summed E-state index contributed by atoms with van der Waals surface area (Å²) in [5.74, 6) is 0.909. The number of carbonyl (C=O) groups excluding carboxylic acids is 1. The maximum atomic E-state index is 12.1. The summed E-state index contributed by atoms with van der Waals surface area (Å²) in [5.41, 5.74) is 1.73. The van der Waals surface area contributed by atoms with E-state index in [1.807, 2.05) is 54.8 Å². The van der Waals surface area contributed by atoms with Crippen LogP contribution in [0.1, 0.15) is 19.4 Å². The number of allylic oxidation sites excluding steroid dienone is 4. The highest BCUT2D eigenvalue weighted by Gasteiger charge is 2.30. The van der Waals surface area contributed by atoms with Gasteiger partial charge in [-0.25, -0.2) is 0 Å². The second kappa shape index (κ2) is 10.9. The Balaban J connectivity index is 2.49. The van der Waals surface area contributed by atoms with Crippen LogP contribution in [0.2, 0.25) is 19.6 Å². The van der Waals surface area contributed by atoms with Gasteiger partial charge in [0, 0.05) is 27.5 Å². The molecule has 1 N–H and O–H groups in total. The first-order valence-electron chi connectivity index (χ1n) is 10.3. The number of rotatable bonds is 9. The van der Waals surface area contributed by atoms with Crippen LogP contribution in [-0.2, 0) is 14.0 Å². The van der Waals surface area contributed by atoms with E-state index in [4.69, 9.17) is 13.9 Å². The lowest BCUT2D eigenvalue weighted by molar-refractivity contribution is -0.152. The first-order valence-corrected chi connectivity index (χ1v) is 14.5. The Morgan fingerprint density at radius 3 is 2.59 bits per heavy atom. The van der Waals surface area contributed by atoms with Crippen molar-refractivity contribution in [2.75, 3.05) is 13.7 Å². The molecule has 0 saturated heterocycles. The molecule has 0 aromatic heterocycles. The summed E-state index contributed by atoms with van der Waals surface area (Å²) in [7, 11) is -0.502. The van der Waals surface area contributed by atoms with Gasteiger partial charge in [-0.15, -0.1) is 0 Å². The number of halogens is 1. The highest BCUT2D eigenvalue weighted by Crippen LogP contribution is 2.31. The number of methoxy groups -OCH3 is 1. The standard InChI is InChI=1S/C25H32BrNO4Si/c1-18(31-32(5,6)7)21(22-11-9-8-10-14-27-22)16-19-15-20(26)12-13-23(19)30-17-25(2,3)24(28)29-4/h8-16,27H,1,17H2,2-7H3. The number of benzene rings is 1. The molecule has 0 fully saturated rings. The van der Waals surface area contributed by atoms with E-state index in [1.54, 1.807) is 13.8 Å². The molecule has 0 saturated carbocycles. The van der Waals surface area contributed by atoms with Crippen molar-refractivity contribution in [1.29, 1.82) is 0 Å². The van der Waals surface area contributed by atoms with Crippen molar-refractivity contribution in [1.82, 2.24) is 5.32 Å². The van der Waals surface area contributed by atoms with Gasteiger partial charge in [-0.2, -0.15) is 0 Å². The molecule has 1 aliphatic rings. The highest BCUT2D eigenvalue weighted by atomic mass is 79.9. The molecular weight excluding hydrogens is 486 g/mol. The second-order valence-electron chi connectivity index (χ2n) is 9.01. The first kappa shape index (κ1) is 25.7. The molecule has 1 heterocycles. The van der Waals surface area contributed by atoms with E-state index in [1.165, 1.54) is 7.11 Å². The van der Waals surface area contributed by atoms with Gasteiger partial charge in [0.15, 0.2) is 0 Å². The van der Waals surface area contributed by atoms with Gasteiger partial charge in [0.25, 0.3) is 0 Å². The summed E-state index contributed by atoms with van der Waals surface area (Å²) in [6.45, 7) is 14.3. The van der Waals surface area contributed by atoms with Gasteiger partial charge in [0.2, 0.25) is 8.32 Å². The summed E-state index contributed by atoms with van der Waals surface area (Å²) in [6, 6.07) is 5.74. The van der Waals surface area contributed by atoms with Crippen molar-refractivity contribution < 1.29 is 18.7 Å². The molecular formula is C25H32BrNO4Si. The lowest BCUT2D eigenvalue weighted by Crippen LogP contribution is -2.32. The fourth-order valence-corrected chi connectivity index (χ4v) is 4.10. The van der Waals surface area contributed by atoms with E-state index >= 15 is 0 Å². The molecule has 2 rings (SSSR count). The minimum atomic E-state index is -1.88. The van der Waals surface area contributed by atoms with Gasteiger partial charge in [0.05, 0.1) is 12.5 Å². The average molecular weight is 519 g/mol. The monoisotopic (exact) mass is 517 g/mol. The minimum Gasteiger partial charge on any atom is -0.544 e. The molecule has 0 amide bonds. The molecule has 0 aliphatic carbocycles. The van der Waals surface area contributed by atoms with E-state index in [2.05, 4.69) is 47.5 Å². The Bertz CT molecular complexity index is 984. The van der Waals surface area contributed by atoms with Crippen molar-refractivity contribution in [3.05, 3.63) is 82.3 Å². The van der Waals surface area contributed by atoms with Crippen LogP contribution in [0.3, 0.4) is 0 Å². The number of hydrogen-bond acceptors (Lipinski definition) is 5. The first-order chi connectivity index (χ1) is 14.9. The Hall–Kier alpha value is -2.51. The lowest BCUT2D eigenvalue weighted by Gasteiger charge is -2.25. The van der Waals surface area contributed by atoms with Crippen LogP contribution in [0.25, 0.3) is 6.08 Å². The van der Waals surface area contributed by atoms with Crippen molar-refractivity contribution in [3.8, 4) is 5.75 Å². The topological polar surface area (TPSA) is 56.8 Å². The van der Waals surface area contributed by atoms with Gasteiger partial charge < -0.3 is 19.2 Å². The summed E-state index contributed by atoms with van der Waals surface area (Å²) < 4.78 is 18.1. The molecule has 1 aromatic rings. The van der Waals surface area contributed by atoms with Crippen LogP contribution in [0, 0.1) is 5.41 Å². The van der Waals surface area contributed by atoms with Crippen LogP contribution in [0.15, 0.2) is 76.8 Å². The zero-order valence-corrected chi connectivity index (χ0v) is 22.2. The third-order valence-electron chi connectivity index (χ3n) is 4.44. The van der Waals surface area contributed by atoms with E-state index in [9.17, 15) is 4.79 Å². The maximum absolute atomic E-state index is 12.1. The summed E-state index contributed by atoms with van der Waals surface area (Å²) in [4.78, 5) is 12.1. The predicted molar refractivity (Wildman–Crippen MR) is 136 cm³/mol. The smallest absolute Gasteiger partial charge is 0.314 e. The molecule has 172 valence electrons. The van der Waals surface area contributed by atoms with Crippen LogP contribution >= 0.6 is 15.9 Å². The van der Waals surface area contributed by atoms with E-state index in [0.717, 1.165) is 21.3 Å². The number of carbonyl (C=O) groups is 1. The maximum Gasteiger partial charge on any atom is 0.314 e. The third-order valence-corrected chi connectivity index (χ3v) is 5.79. The second-order valence-corrected chi connectivity index (χ2v) is 14.4. The van der Waals surface area contributed by atoms with Gasteiger partial charge in [0.1, 0.15) is 18.1 Å². The van der Waals surface area contributed by atoms with Gasteiger partial charge in [-0.3, -0.25) is 4.79 Å². The largest absolute Gasteiger partial charge is 0.544 e. The molecule has 5 nitrogen and oxygen atoms in total. The van der Waals surface area contributed by atoms with Crippen LogP contribution in [0.5, 0.6) is 5.75 Å². The van der Waals surface area contributed by atoms with Crippen LogP contribution in [0.4, 0.5) is 0 Å². The Morgan fingerprint density at radius 2 is 1.94 bits per heavy atom. The molecule has 0 spiro atoms. The fourth-order valence-electron chi connectivity index (χ4n) is 2.87. The van der Waals surface area contributed by atoms with Crippen LogP contribution in [-0.4, -0.2) is 28.0 Å². The Labute approximate surface area is 200 Å². The van der Waals surface area contributed by atoms with Gasteiger partial charge in [-0.1, -0.05) is 34.7 Å². The number of ether oxygens (including phenoxy) is 2. The molecule has 32 heavy (non-hydrogen) atoms. The lowest BCUT2D eigenvalue weighted by atomic mass is 9.95. The van der Waals surface area contributed by atoms with Crippen LogP contribution < -0.4 is 10.1 Å². The van der Waals surface area contributed by atoms with E-state index in [-0.39, 0.29) is 12.6 Å². The molecule has 1 aromatic carbocycles. The summed E-state index contributed by atoms with van der Waals surface area (Å²) >= 11 is 3.55. The quantitative estimate of drug-likeness (QED) is 0.179. The van der Waals surface area contributed by atoms with E-state index in [0.29, 0.717) is 11.5 Å². The predicted octanol–water partition coefficient (Wildman–Crippen LogP) is 6.33. The highest BCUT2D eigenvalue weighted by molar-refractivity contribution is 9.10. The third kappa shape index (κ3) is 7.57.